The van der Waals surface area contributed by atoms with E-state index in [9.17, 15) is 9.90 Å². The molecule has 0 spiro atoms. The fourth-order valence-electron chi connectivity index (χ4n) is 3.75. The molecule has 2 aromatic rings. The summed E-state index contributed by atoms with van der Waals surface area (Å²) < 4.78 is 19.8. The Morgan fingerprint density at radius 2 is 2.10 bits per heavy atom. The van der Waals surface area contributed by atoms with E-state index in [0.717, 1.165) is 0 Å². The van der Waals surface area contributed by atoms with E-state index in [1.165, 1.54) is 6.34 Å². The van der Waals surface area contributed by atoms with E-state index >= 15 is 0 Å². The first kappa shape index (κ1) is 21.4. The summed E-state index contributed by atoms with van der Waals surface area (Å²) in [5.41, 5.74) is -0.0357. The zero-order valence-electron chi connectivity index (χ0n) is 17.9. The topological polar surface area (TPSA) is 139 Å². The van der Waals surface area contributed by atoms with Crippen molar-refractivity contribution in [2.75, 3.05) is 32.6 Å². The monoisotopic (exact) mass is 433 g/mol. The third-order valence-electron chi connectivity index (χ3n) is 4.91. The number of fused-ring (bicyclic) bond motifs is 2. The van der Waals surface area contributed by atoms with Gasteiger partial charge in [-0.2, -0.15) is 4.98 Å². The van der Waals surface area contributed by atoms with E-state index in [-0.39, 0.29) is 23.7 Å². The number of aliphatic imine (C=N–C) groups is 1. The van der Waals surface area contributed by atoms with Gasteiger partial charge in [0.25, 0.3) is 5.56 Å². The van der Waals surface area contributed by atoms with Gasteiger partial charge < -0.3 is 29.5 Å². The zero-order chi connectivity index (χ0) is 22.3. The predicted molar refractivity (Wildman–Crippen MR) is 113 cm³/mol. The Morgan fingerprint density at radius 1 is 1.35 bits per heavy atom. The number of aliphatic hydroxyl groups excluding tert-OH is 1. The molecule has 4 heterocycles. The Labute approximate surface area is 178 Å². The first-order valence-electron chi connectivity index (χ1n) is 9.93. The summed E-state index contributed by atoms with van der Waals surface area (Å²) in [5.74, 6) is -0.362. The summed E-state index contributed by atoms with van der Waals surface area (Å²) in [4.78, 5) is 30.2. The Hall–Kier alpha value is -2.80. The van der Waals surface area contributed by atoms with Crippen LogP contribution in [0.15, 0.2) is 22.4 Å². The fraction of sp³-hybridized carbons (Fsp3) is 0.579. The van der Waals surface area contributed by atoms with Crippen LogP contribution in [0.5, 0.6) is 0 Å². The molecule has 31 heavy (non-hydrogen) atoms. The Bertz CT molecular complexity index is 1060. The number of nitrogens with zero attached hydrogens (tertiary/aromatic N) is 5. The number of anilines is 1. The van der Waals surface area contributed by atoms with Crippen molar-refractivity contribution in [2.24, 2.45) is 4.99 Å². The van der Waals surface area contributed by atoms with Gasteiger partial charge in [-0.1, -0.05) is 6.08 Å². The van der Waals surface area contributed by atoms with Crippen LogP contribution in [-0.4, -0.2) is 87.2 Å². The van der Waals surface area contributed by atoms with Crippen molar-refractivity contribution in [3.05, 3.63) is 23.0 Å². The minimum absolute atomic E-state index is 0.125. The molecule has 12 heteroatoms. The van der Waals surface area contributed by atoms with Gasteiger partial charge in [0.2, 0.25) is 11.9 Å². The standard InChI is InChI=1S/C19H27N7O5/c1-6-7-20-18-22-11-14(23-17(24-15(11)28)21-9-25(4)5)26(18)16-13-12(10(8-27)29-16)30-19(2,3)31-13/h6,9-10,12-13,16,27H,1,7-8H2,2-5H3,(H,20,22)(H,23,24,28)/b21-9+. The fourth-order valence-corrected chi connectivity index (χ4v) is 3.75. The smallest absolute Gasteiger partial charge is 0.280 e. The first-order valence-corrected chi connectivity index (χ1v) is 9.93. The lowest BCUT2D eigenvalue weighted by Gasteiger charge is -2.25. The van der Waals surface area contributed by atoms with Gasteiger partial charge in [-0.3, -0.25) is 14.3 Å². The van der Waals surface area contributed by atoms with Gasteiger partial charge in [0.15, 0.2) is 23.2 Å². The van der Waals surface area contributed by atoms with Crippen LogP contribution in [0.25, 0.3) is 11.2 Å². The average Bonchev–Trinajstić information content (AvgIpc) is 3.32. The van der Waals surface area contributed by atoms with Gasteiger partial charge in [0, 0.05) is 20.6 Å². The van der Waals surface area contributed by atoms with E-state index in [2.05, 4.69) is 31.8 Å². The lowest BCUT2D eigenvalue weighted by Crippen LogP contribution is -2.31. The van der Waals surface area contributed by atoms with Crippen LogP contribution in [-0.2, 0) is 14.2 Å². The quantitative estimate of drug-likeness (QED) is 0.321. The van der Waals surface area contributed by atoms with Gasteiger partial charge >= 0.3 is 0 Å². The molecule has 0 bridgehead atoms. The molecule has 4 atom stereocenters. The van der Waals surface area contributed by atoms with Crippen molar-refractivity contribution in [2.45, 2.75) is 44.2 Å². The summed E-state index contributed by atoms with van der Waals surface area (Å²) in [6.45, 7) is 7.47. The molecule has 168 valence electrons. The molecule has 0 radical (unpaired) electrons. The number of hydrogen-bond donors (Lipinski definition) is 3. The van der Waals surface area contributed by atoms with Crippen molar-refractivity contribution in [1.29, 1.82) is 0 Å². The van der Waals surface area contributed by atoms with E-state index in [4.69, 9.17) is 14.2 Å². The van der Waals surface area contributed by atoms with Gasteiger partial charge in [-0.05, 0) is 13.8 Å². The minimum atomic E-state index is -0.845. The number of nitrogens with one attached hydrogen (secondary N) is 2. The molecule has 4 unspecified atom stereocenters. The van der Waals surface area contributed by atoms with Crippen molar-refractivity contribution >= 4 is 29.4 Å². The molecular weight excluding hydrogens is 406 g/mol. The largest absolute Gasteiger partial charge is 0.394 e. The minimum Gasteiger partial charge on any atom is -0.394 e. The number of H-pyrrole nitrogens is 1. The number of rotatable bonds is 7. The summed E-state index contributed by atoms with van der Waals surface area (Å²) >= 11 is 0. The number of ether oxygens (including phenoxy) is 3. The molecule has 2 aliphatic heterocycles. The van der Waals surface area contributed by atoms with Crippen LogP contribution in [0.2, 0.25) is 0 Å². The molecule has 0 saturated carbocycles. The highest BCUT2D eigenvalue weighted by Crippen LogP contribution is 2.44. The molecule has 2 aliphatic rings. The Kier molecular flexibility index (Phi) is 5.56. The lowest BCUT2D eigenvalue weighted by atomic mass is 10.1. The number of aromatic amines is 1. The van der Waals surface area contributed by atoms with E-state index in [0.29, 0.717) is 12.5 Å². The van der Waals surface area contributed by atoms with Crippen LogP contribution in [0, 0.1) is 0 Å². The van der Waals surface area contributed by atoms with Gasteiger partial charge in [-0.25, -0.2) is 9.98 Å². The molecule has 3 N–H and O–H groups in total. The SMILES string of the molecule is C=CCNc1nc2c(=O)[nH]c(/N=C/N(C)C)nc2n1C1OC(CO)C2OC(C)(C)OC21. The molecule has 4 rings (SSSR count). The number of hydrogen-bond acceptors (Lipinski definition) is 9. The maximum Gasteiger partial charge on any atom is 0.280 e. The Balaban J connectivity index is 1.86. The molecular formula is C19H27N7O5. The average molecular weight is 433 g/mol. The molecule has 12 nitrogen and oxygen atoms in total. The highest BCUT2D eigenvalue weighted by Gasteiger charge is 2.56. The van der Waals surface area contributed by atoms with Crippen molar-refractivity contribution < 1.29 is 19.3 Å². The third-order valence-corrected chi connectivity index (χ3v) is 4.91. The van der Waals surface area contributed by atoms with Crippen LogP contribution in [0.1, 0.15) is 20.1 Å². The van der Waals surface area contributed by atoms with E-state index < -0.39 is 35.9 Å². The van der Waals surface area contributed by atoms with Crippen LogP contribution in [0.3, 0.4) is 0 Å². The van der Waals surface area contributed by atoms with E-state index in [1.807, 2.05) is 14.1 Å². The molecule has 0 amide bonds. The predicted octanol–water partition coefficient (Wildman–Crippen LogP) is 0.349. The first-order chi connectivity index (χ1) is 14.7. The molecule has 2 aromatic heterocycles. The summed E-state index contributed by atoms with van der Waals surface area (Å²) in [7, 11) is 3.62. The normalized spacial score (nSPS) is 27.1. The maximum absolute atomic E-state index is 12.7. The molecule has 0 aromatic carbocycles. The second-order valence-corrected chi connectivity index (χ2v) is 8.06. The summed E-state index contributed by atoms with van der Waals surface area (Å²) in [6, 6.07) is 0. The van der Waals surface area contributed by atoms with Gasteiger partial charge in [-0.15, -0.1) is 6.58 Å². The van der Waals surface area contributed by atoms with Crippen molar-refractivity contribution in [3.8, 4) is 0 Å². The summed E-state index contributed by atoms with van der Waals surface area (Å²) in [5, 5.41) is 12.9. The second-order valence-electron chi connectivity index (χ2n) is 8.06. The van der Waals surface area contributed by atoms with Crippen molar-refractivity contribution in [1.82, 2.24) is 24.4 Å². The third kappa shape index (κ3) is 3.94. The molecule has 0 aliphatic carbocycles. The zero-order valence-corrected chi connectivity index (χ0v) is 17.9. The number of aromatic nitrogens is 4. The highest BCUT2D eigenvalue weighted by molar-refractivity contribution is 5.75. The Morgan fingerprint density at radius 3 is 2.77 bits per heavy atom. The highest BCUT2D eigenvalue weighted by atomic mass is 16.8. The van der Waals surface area contributed by atoms with Crippen LogP contribution < -0.4 is 10.9 Å². The van der Waals surface area contributed by atoms with Crippen LogP contribution >= 0.6 is 0 Å². The van der Waals surface area contributed by atoms with Crippen LogP contribution in [0.4, 0.5) is 11.9 Å². The molecule has 2 saturated heterocycles. The second kappa shape index (κ2) is 8.04. The molecule has 2 fully saturated rings. The van der Waals surface area contributed by atoms with Gasteiger partial charge in [0.05, 0.1) is 12.9 Å². The van der Waals surface area contributed by atoms with Gasteiger partial charge in [0.1, 0.15) is 18.3 Å². The van der Waals surface area contributed by atoms with E-state index in [1.54, 1.807) is 29.4 Å². The summed E-state index contributed by atoms with van der Waals surface area (Å²) in [6.07, 6.45) is 0.839. The number of imidazole rings is 1. The van der Waals surface area contributed by atoms with Crippen molar-refractivity contribution in [3.63, 3.8) is 0 Å². The number of aliphatic hydroxyl groups is 1. The maximum atomic E-state index is 12.7. The lowest BCUT2D eigenvalue weighted by molar-refractivity contribution is -0.199.